The van der Waals surface area contributed by atoms with Crippen LogP contribution in [-0.4, -0.2) is 41.9 Å². The molecule has 0 aromatic heterocycles. The van der Waals surface area contributed by atoms with Crippen LogP contribution in [0.1, 0.15) is 24.9 Å². The van der Waals surface area contributed by atoms with Crippen LogP contribution in [0.25, 0.3) is 0 Å². The van der Waals surface area contributed by atoms with Gasteiger partial charge in [-0.3, -0.25) is 9.69 Å². The van der Waals surface area contributed by atoms with E-state index in [-0.39, 0.29) is 11.9 Å². The summed E-state index contributed by atoms with van der Waals surface area (Å²) in [7, 11) is 1.67. The first-order valence-electron chi connectivity index (χ1n) is 7.45. The second-order valence-corrected chi connectivity index (χ2v) is 6.54. The maximum atomic E-state index is 12.8. The van der Waals surface area contributed by atoms with Gasteiger partial charge in [0.15, 0.2) is 0 Å². The first-order chi connectivity index (χ1) is 10.9. The molecule has 2 aliphatic heterocycles. The molecular weight excluding hydrogens is 337 g/mol. The predicted molar refractivity (Wildman–Crippen MR) is 89.4 cm³/mol. The fourth-order valence-corrected chi connectivity index (χ4v) is 3.56. The number of nitrogens with zero attached hydrogens (tertiary/aromatic N) is 2. The van der Waals surface area contributed by atoms with Crippen molar-refractivity contribution in [3.8, 4) is 0 Å². The van der Waals surface area contributed by atoms with Crippen LogP contribution in [0.5, 0.6) is 0 Å². The fraction of sp³-hybridized carbons (Fsp3) is 0.375. The third-order valence-corrected chi connectivity index (χ3v) is 4.76. The quantitative estimate of drug-likeness (QED) is 0.906. The highest BCUT2D eigenvalue weighted by Crippen LogP contribution is 2.38. The van der Waals surface area contributed by atoms with E-state index >= 15 is 0 Å². The van der Waals surface area contributed by atoms with Crippen LogP contribution in [0.4, 0.5) is 4.79 Å². The fourth-order valence-electron chi connectivity index (χ4n) is 3.04. The number of carbonyl (C=O) groups is 2. The van der Waals surface area contributed by atoms with Crippen molar-refractivity contribution in [1.29, 1.82) is 0 Å². The molecule has 1 aromatic carbocycles. The second-order valence-electron chi connectivity index (χ2n) is 5.69. The monoisotopic (exact) mass is 353 g/mol. The Kier molecular flexibility index (Phi) is 4.25. The summed E-state index contributed by atoms with van der Waals surface area (Å²) in [6.07, 6.45) is 0.865. The van der Waals surface area contributed by atoms with Crippen molar-refractivity contribution in [2.45, 2.75) is 19.4 Å². The topological polar surface area (TPSA) is 52.7 Å². The molecule has 3 amide bonds. The molecule has 1 atom stereocenters. The van der Waals surface area contributed by atoms with Gasteiger partial charge in [-0.25, -0.2) is 4.79 Å². The van der Waals surface area contributed by atoms with Crippen molar-refractivity contribution >= 4 is 35.1 Å². The Labute approximate surface area is 144 Å². The maximum absolute atomic E-state index is 12.8. The molecule has 1 aromatic rings. The highest BCUT2D eigenvalue weighted by Gasteiger charge is 2.43. The van der Waals surface area contributed by atoms with E-state index in [1.165, 1.54) is 4.90 Å². The molecule has 5 nitrogen and oxygen atoms in total. The molecule has 0 saturated heterocycles. The molecule has 0 radical (unpaired) electrons. The van der Waals surface area contributed by atoms with Gasteiger partial charge in [-0.15, -0.1) is 0 Å². The van der Waals surface area contributed by atoms with Gasteiger partial charge < -0.3 is 10.2 Å². The molecule has 0 fully saturated rings. The van der Waals surface area contributed by atoms with Gasteiger partial charge in [-0.2, -0.15) is 0 Å². The van der Waals surface area contributed by atoms with Gasteiger partial charge in [0.25, 0.3) is 5.91 Å². The van der Waals surface area contributed by atoms with Gasteiger partial charge in [0, 0.05) is 23.6 Å². The van der Waals surface area contributed by atoms with E-state index in [0.29, 0.717) is 34.3 Å². The Morgan fingerprint density at radius 1 is 1.30 bits per heavy atom. The molecule has 2 heterocycles. The van der Waals surface area contributed by atoms with Gasteiger partial charge in [-0.1, -0.05) is 36.2 Å². The van der Waals surface area contributed by atoms with Crippen LogP contribution in [0, 0.1) is 0 Å². The van der Waals surface area contributed by atoms with E-state index in [9.17, 15) is 9.59 Å². The van der Waals surface area contributed by atoms with Gasteiger partial charge in [0.2, 0.25) is 0 Å². The molecule has 3 rings (SSSR count). The maximum Gasteiger partial charge on any atom is 0.322 e. The number of rotatable bonds is 3. The molecule has 0 unspecified atom stereocenters. The van der Waals surface area contributed by atoms with E-state index in [2.05, 4.69) is 5.32 Å². The first kappa shape index (κ1) is 16.1. The van der Waals surface area contributed by atoms with Crippen LogP contribution in [-0.2, 0) is 4.79 Å². The highest BCUT2D eigenvalue weighted by molar-refractivity contribution is 6.35. The van der Waals surface area contributed by atoms with E-state index in [4.69, 9.17) is 23.2 Å². The molecule has 23 heavy (non-hydrogen) atoms. The zero-order valence-corrected chi connectivity index (χ0v) is 14.4. The summed E-state index contributed by atoms with van der Waals surface area (Å²) in [5.41, 5.74) is 2.00. The lowest BCUT2D eigenvalue weighted by Crippen LogP contribution is -2.45. The number of amides is 3. The molecule has 0 bridgehead atoms. The largest absolute Gasteiger partial charge is 0.333 e. The summed E-state index contributed by atoms with van der Waals surface area (Å²) < 4.78 is 0. The van der Waals surface area contributed by atoms with Gasteiger partial charge in [0.05, 0.1) is 23.9 Å². The average molecular weight is 354 g/mol. The summed E-state index contributed by atoms with van der Waals surface area (Å²) in [5, 5.41) is 3.80. The third-order valence-electron chi connectivity index (χ3n) is 4.20. The van der Waals surface area contributed by atoms with Crippen LogP contribution in [0.15, 0.2) is 29.5 Å². The number of nitrogens with one attached hydrogen (secondary N) is 1. The van der Waals surface area contributed by atoms with Crippen LogP contribution >= 0.6 is 23.2 Å². The standard InChI is InChI=1S/C16H17Cl2N3O2/c1-3-6-21-8-12-13(15(21)22)14(19-16(23)20(12)2)10-5-4-9(17)7-11(10)18/h4-5,7,14H,3,6,8H2,1-2H3,(H,19,23)/t14-/m0/s1. The normalized spacial score (nSPS) is 21.0. The van der Waals surface area contributed by atoms with Gasteiger partial charge >= 0.3 is 6.03 Å². The lowest BCUT2D eigenvalue weighted by atomic mass is 9.95. The van der Waals surface area contributed by atoms with E-state index in [1.807, 2.05) is 6.92 Å². The minimum Gasteiger partial charge on any atom is -0.333 e. The summed E-state index contributed by atoms with van der Waals surface area (Å²) in [6, 6.07) is 4.28. The molecule has 122 valence electrons. The lowest BCUT2D eigenvalue weighted by Gasteiger charge is -2.31. The number of urea groups is 1. The number of hydrogen-bond donors (Lipinski definition) is 1. The van der Waals surface area contributed by atoms with Crippen molar-refractivity contribution in [2.75, 3.05) is 20.1 Å². The highest BCUT2D eigenvalue weighted by atomic mass is 35.5. The van der Waals surface area contributed by atoms with Crippen molar-refractivity contribution in [3.05, 3.63) is 45.1 Å². The van der Waals surface area contributed by atoms with Crippen molar-refractivity contribution < 1.29 is 9.59 Å². The Balaban J connectivity index is 2.06. The molecule has 7 heteroatoms. The van der Waals surface area contributed by atoms with Crippen molar-refractivity contribution in [1.82, 2.24) is 15.1 Å². The zero-order chi connectivity index (χ0) is 16.7. The second kappa shape index (κ2) is 6.06. The van der Waals surface area contributed by atoms with E-state index in [0.717, 1.165) is 12.1 Å². The van der Waals surface area contributed by atoms with Crippen LogP contribution in [0.2, 0.25) is 10.0 Å². The summed E-state index contributed by atoms with van der Waals surface area (Å²) in [6.45, 7) is 3.13. The van der Waals surface area contributed by atoms with Gasteiger partial charge in [0.1, 0.15) is 0 Å². The third kappa shape index (κ3) is 2.68. The van der Waals surface area contributed by atoms with Crippen LogP contribution in [0.3, 0.4) is 0 Å². The zero-order valence-electron chi connectivity index (χ0n) is 12.9. The Morgan fingerprint density at radius 3 is 2.70 bits per heavy atom. The molecule has 0 spiro atoms. The van der Waals surface area contributed by atoms with Crippen LogP contribution < -0.4 is 5.32 Å². The minimum atomic E-state index is -0.548. The van der Waals surface area contributed by atoms with Crippen molar-refractivity contribution in [3.63, 3.8) is 0 Å². The van der Waals surface area contributed by atoms with E-state index < -0.39 is 6.04 Å². The molecule has 0 aliphatic carbocycles. The summed E-state index contributed by atoms with van der Waals surface area (Å²) in [4.78, 5) is 28.3. The molecular formula is C16H17Cl2N3O2. The van der Waals surface area contributed by atoms with Gasteiger partial charge in [-0.05, 0) is 24.1 Å². The number of hydrogen-bond acceptors (Lipinski definition) is 2. The predicted octanol–water partition coefficient (Wildman–Crippen LogP) is 3.20. The Morgan fingerprint density at radius 2 is 2.04 bits per heavy atom. The molecule has 1 N–H and O–H groups in total. The summed E-state index contributed by atoms with van der Waals surface area (Å²) >= 11 is 12.2. The SMILES string of the molecule is CCCN1CC2=C(C1=O)[C@H](c1ccc(Cl)cc1Cl)NC(=O)N2C. The first-order valence-corrected chi connectivity index (χ1v) is 8.21. The molecule has 2 aliphatic rings. The Bertz CT molecular complexity index is 717. The van der Waals surface area contributed by atoms with Crippen molar-refractivity contribution in [2.24, 2.45) is 0 Å². The minimum absolute atomic E-state index is 0.0512. The number of benzene rings is 1. The Hall–Kier alpha value is -1.72. The number of halogens is 2. The number of likely N-dealkylation sites (N-methyl/N-ethyl adjacent to an activating group) is 1. The summed E-state index contributed by atoms with van der Waals surface area (Å²) in [5.74, 6) is -0.0512. The smallest absolute Gasteiger partial charge is 0.322 e. The number of carbonyl (C=O) groups excluding carboxylic acids is 2. The van der Waals surface area contributed by atoms with E-state index in [1.54, 1.807) is 30.1 Å². The average Bonchev–Trinajstić information content (AvgIpc) is 2.82. The lowest BCUT2D eigenvalue weighted by molar-refractivity contribution is -0.125. The molecule has 0 saturated carbocycles.